The second kappa shape index (κ2) is 9.44. The van der Waals surface area contributed by atoms with Crippen molar-refractivity contribution in [2.24, 2.45) is 16.6 Å². The lowest BCUT2D eigenvalue weighted by molar-refractivity contribution is -0.0496. The zero-order chi connectivity index (χ0) is 21.7. The summed E-state index contributed by atoms with van der Waals surface area (Å²) in [5, 5.41) is 6.19. The molecule has 0 aromatic heterocycles. The summed E-state index contributed by atoms with van der Waals surface area (Å²) in [4.78, 5) is 15.2. The molecule has 1 aliphatic heterocycles. The van der Waals surface area contributed by atoms with Crippen LogP contribution in [0.25, 0.3) is 0 Å². The molecule has 29 heavy (non-hydrogen) atoms. The van der Waals surface area contributed by atoms with Crippen LogP contribution in [-0.4, -0.2) is 56.8 Å². The molecule has 1 amide bonds. The second-order valence-corrected chi connectivity index (χ2v) is 8.59. The number of piperidine rings is 1. The topological polar surface area (TPSA) is 117 Å². The highest BCUT2D eigenvalue weighted by atomic mass is 32.2. The fourth-order valence-electron chi connectivity index (χ4n) is 2.93. The van der Waals surface area contributed by atoms with Gasteiger partial charge in [-0.05, 0) is 36.5 Å². The van der Waals surface area contributed by atoms with E-state index >= 15 is 0 Å². The normalized spacial score (nSPS) is 17.2. The van der Waals surface area contributed by atoms with Gasteiger partial charge in [-0.1, -0.05) is 12.1 Å². The first-order valence-corrected chi connectivity index (χ1v) is 10.4. The number of nitrogens with zero attached hydrogens (tertiary/aromatic N) is 2. The van der Waals surface area contributed by atoms with Crippen LogP contribution in [-0.2, 0) is 16.6 Å². The molecule has 162 valence electrons. The van der Waals surface area contributed by atoms with Crippen molar-refractivity contribution >= 4 is 21.9 Å². The van der Waals surface area contributed by atoms with E-state index in [0.29, 0.717) is 41.8 Å². The van der Waals surface area contributed by atoms with Crippen LogP contribution in [0, 0.1) is 5.92 Å². The maximum absolute atomic E-state index is 12.6. The molecular formula is C17H24F3N5O3S. The minimum absolute atomic E-state index is 0.0306. The lowest BCUT2D eigenvalue weighted by atomic mass is 9.98. The lowest BCUT2D eigenvalue weighted by Crippen LogP contribution is -2.47. The molecule has 1 heterocycles. The van der Waals surface area contributed by atoms with Gasteiger partial charge in [0.05, 0.1) is 0 Å². The minimum Gasteiger partial charge on any atom is -0.366 e. The number of carbonyl (C=O) groups excluding carboxylic acids is 1. The summed E-state index contributed by atoms with van der Waals surface area (Å²) in [6.07, 6.45) is 0.655. The molecule has 1 aromatic rings. The van der Waals surface area contributed by atoms with Gasteiger partial charge in [-0.2, -0.15) is 17.5 Å². The van der Waals surface area contributed by atoms with Crippen LogP contribution in [0.4, 0.5) is 13.2 Å². The molecule has 0 aliphatic carbocycles. The number of nitrogens with two attached hydrogens (primary N) is 1. The standard InChI is InChI=1S/C17H24F3N5O3S/c1-22-16(23-10-12-2-4-14(5-3-12)15(21)26)24-11-13-6-8-25(9-7-13)29(27,28)17(18,19)20/h2-5,13H,6-11H2,1H3,(H2,21,26)(H2,22,23,24). The summed E-state index contributed by atoms with van der Waals surface area (Å²) in [6, 6.07) is 6.77. The van der Waals surface area contributed by atoms with E-state index in [1.54, 1.807) is 31.3 Å². The molecule has 8 nitrogen and oxygen atoms in total. The Morgan fingerprint density at radius 2 is 1.79 bits per heavy atom. The maximum Gasteiger partial charge on any atom is 0.511 e. The third-order valence-corrected chi connectivity index (χ3v) is 6.32. The fraction of sp³-hybridized carbons (Fsp3) is 0.529. The predicted molar refractivity (Wildman–Crippen MR) is 102 cm³/mol. The largest absolute Gasteiger partial charge is 0.511 e. The Labute approximate surface area is 167 Å². The average Bonchev–Trinajstić information content (AvgIpc) is 2.68. The molecule has 12 heteroatoms. The molecular weight excluding hydrogens is 411 g/mol. The Kier molecular flexibility index (Phi) is 7.47. The van der Waals surface area contributed by atoms with Crippen LogP contribution < -0.4 is 16.4 Å². The number of carbonyl (C=O) groups is 1. The summed E-state index contributed by atoms with van der Waals surface area (Å²) >= 11 is 0. The van der Waals surface area contributed by atoms with E-state index < -0.39 is 21.4 Å². The van der Waals surface area contributed by atoms with E-state index in [9.17, 15) is 26.4 Å². The molecule has 1 aromatic carbocycles. The third kappa shape index (κ3) is 6.07. The van der Waals surface area contributed by atoms with E-state index in [0.717, 1.165) is 5.56 Å². The number of rotatable bonds is 6. The monoisotopic (exact) mass is 435 g/mol. The van der Waals surface area contributed by atoms with Crippen LogP contribution in [0.2, 0.25) is 0 Å². The molecule has 0 saturated carbocycles. The van der Waals surface area contributed by atoms with Crippen LogP contribution in [0.5, 0.6) is 0 Å². The molecule has 0 spiro atoms. The van der Waals surface area contributed by atoms with Crippen molar-refractivity contribution < 1.29 is 26.4 Å². The number of benzene rings is 1. The number of halogens is 3. The van der Waals surface area contributed by atoms with Crippen LogP contribution in [0.3, 0.4) is 0 Å². The van der Waals surface area contributed by atoms with Gasteiger partial charge in [0.1, 0.15) is 0 Å². The highest BCUT2D eigenvalue weighted by molar-refractivity contribution is 7.90. The number of hydrogen-bond donors (Lipinski definition) is 3. The van der Waals surface area contributed by atoms with Crippen molar-refractivity contribution in [1.29, 1.82) is 0 Å². The molecule has 1 aliphatic rings. The van der Waals surface area contributed by atoms with E-state index in [-0.39, 0.29) is 19.0 Å². The first-order chi connectivity index (χ1) is 13.5. The van der Waals surface area contributed by atoms with Gasteiger partial charge in [-0.3, -0.25) is 9.79 Å². The van der Waals surface area contributed by atoms with Gasteiger partial charge in [0.15, 0.2) is 5.96 Å². The summed E-state index contributed by atoms with van der Waals surface area (Å²) in [7, 11) is -3.67. The predicted octanol–water partition coefficient (Wildman–Crippen LogP) is 1.01. The van der Waals surface area contributed by atoms with Gasteiger partial charge in [0.2, 0.25) is 5.91 Å². The molecule has 0 radical (unpaired) electrons. The Hall–Kier alpha value is -2.34. The van der Waals surface area contributed by atoms with E-state index in [1.165, 1.54) is 0 Å². The number of primary amides is 1. The van der Waals surface area contributed by atoms with Gasteiger partial charge in [0, 0.05) is 38.8 Å². The molecule has 1 saturated heterocycles. The molecule has 1 fully saturated rings. The highest BCUT2D eigenvalue weighted by Crippen LogP contribution is 2.30. The highest BCUT2D eigenvalue weighted by Gasteiger charge is 2.50. The van der Waals surface area contributed by atoms with E-state index in [1.807, 2.05) is 0 Å². The first kappa shape index (κ1) is 22.9. The first-order valence-electron chi connectivity index (χ1n) is 8.94. The minimum atomic E-state index is -5.26. The smallest absolute Gasteiger partial charge is 0.366 e. The molecule has 0 atom stereocenters. The third-order valence-electron chi connectivity index (χ3n) is 4.69. The number of guanidine groups is 1. The van der Waals surface area contributed by atoms with Gasteiger partial charge in [-0.25, -0.2) is 8.42 Å². The Morgan fingerprint density at radius 1 is 1.21 bits per heavy atom. The second-order valence-electron chi connectivity index (χ2n) is 6.66. The Morgan fingerprint density at radius 3 is 2.28 bits per heavy atom. The zero-order valence-electron chi connectivity index (χ0n) is 15.9. The van der Waals surface area contributed by atoms with E-state index in [4.69, 9.17) is 5.73 Å². The van der Waals surface area contributed by atoms with Crippen molar-refractivity contribution in [3.05, 3.63) is 35.4 Å². The summed E-state index contributed by atoms with van der Waals surface area (Å²) in [5.74, 6) is 0.0356. The van der Waals surface area contributed by atoms with E-state index in [2.05, 4.69) is 15.6 Å². The Bertz CT molecular complexity index is 833. The lowest BCUT2D eigenvalue weighted by Gasteiger charge is -2.31. The van der Waals surface area contributed by atoms with Crippen molar-refractivity contribution in [2.75, 3.05) is 26.7 Å². The summed E-state index contributed by atoms with van der Waals surface area (Å²) < 4.78 is 61.2. The number of amides is 1. The quantitative estimate of drug-likeness (QED) is 0.456. The van der Waals surface area contributed by atoms with Crippen LogP contribution >= 0.6 is 0 Å². The number of aliphatic imine (C=N–C) groups is 1. The zero-order valence-corrected chi connectivity index (χ0v) is 16.7. The van der Waals surface area contributed by atoms with Gasteiger partial charge in [0.25, 0.3) is 0 Å². The molecule has 0 bridgehead atoms. The number of nitrogens with one attached hydrogen (secondary N) is 2. The summed E-state index contributed by atoms with van der Waals surface area (Å²) in [6.45, 7) is 0.583. The van der Waals surface area contributed by atoms with Crippen molar-refractivity contribution in [3.63, 3.8) is 0 Å². The van der Waals surface area contributed by atoms with Crippen molar-refractivity contribution in [3.8, 4) is 0 Å². The van der Waals surface area contributed by atoms with Gasteiger partial charge >= 0.3 is 15.5 Å². The summed E-state index contributed by atoms with van der Waals surface area (Å²) in [5.41, 5.74) is 1.25. The van der Waals surface area contributed by atoms with Crippen molar-refractivity contribution in [2.45, 2.75) is 24.9 Å². The SMILES string of the molecule is CN=C(NCc1ccc(C(N)=O)cc1)NCC1CCN(S(=O)(=O)C(F)(F)F)CC1. The molecule has 2 rings (SSSR count). The van der Waals surface area contributed by atoms with Crippen molar-refractivity contribution in [1.82, 2.24) is 14.9 Å². The number of sulfonamides is 1. The average molecular weight is 435 g/mol. The van der Waals surface area contributed by atoms with Gasteiger partial charge < -0.3 is 16.4 Å². The molecule has 0 unspecified atom stereocenters. The number of hydrogen-bond acceptors (Lipinski definition) is 4. The molecule has 4 N–H and O–H groups in total. The van der Waals surface area contributed by atoms with Gasteiger partial charge in [-0.15, -0.1) is 0 Å². The maximum atomic E-state index is 12.6. The Balaban J connectivity index is 1.78. The fourth-order valence-corrected chi connectivity index (χ4v) is 3.92. The van der Waals surface area contributed by atoms with Crippen LogP contribution in [0.1, 0.15) is 28.8 Å². The number of alkyl halides is 3. The van der Waals surface area contributed by atoms with Crippen LogP contribution in [0.15, 0.2) is 29.3 Å².